The number of rotatable bonds is 7. The number of hydrogen-bond donors (Lipinski definition) is 2. The highest BCUT2D eigenvalue weighted by Crippen LogP contribution is 2.15. The van der Waals surface area contributed by atoms with Gasteiger partial charge in [-0.2, -0.15) is 0 Å². The van der Waals surface area contributed by atoms with Crippen LogP contribution in [0, 0.1) is 0 Å². The molecular formula is C20H26N4O2. The number of urea groups is 1. The van der Waals surface area contributed by atoms with Crippen molar-refractivity contribution in [2.45, 2.75) is 32.9 Å². The molecule has 0 fully saturated rings. The van der Waals surface area contributed by atoms with Crippen LogP contribution in [-0.2, 0) is 6.54 Å². The number of pyridine rings is 1. The van der Waals surface area contributed by atoms with Gasteiger partial charge in [-0.05, 0) is 43.2 Å². The van der Waals surface area contributed by atoms with E-state index >= 15 is 0 Å². The fourth-order valence-corrected chi connectivity index (χ4v) is 2.46. The zero-order valence-electron chi connectivity index (χ0n) is 15.5. The molecule has 0 aliphatic heterocycles. The van der Waals surface area contributed by atoms with E-state index in [1.165, 1.54) is 0 Å². The van der Waals surface area contributed by atoms with E-state index in [2.05, 4.69) is 15.6 Å². The molecule has 0 saturated carbocycles. The van der Waals surface area contributed by atoms with Gasteiger partial charge in [0.15, 0.2) is 0 Å². The predicted molar refractivity (Wildman–Crippen MR) is 102 cm³/mol. The SMILES string of the molecule is CCCNC(=O)c1cccc(CNC(=O)N(C)C(C)c2ccccn2)c1. The van der Waals surface area contributed by atoms with Crippen LogP contribution in [0.25, 0.3) is 0 Å². The van der Waals surface area contributed by atoms with Crippen molar-refractivity contribution in [3.05, 3.63) is 65.5 Å². The van der Waals surface area contributed by atoms with E-state index in [4.69, 9.17) is 0 Å². The third kappa shape index (κ3) is 5.31. The summed E-state index contributed by atoms with van der Waals surface area (Å²) in [6.45, 7) is 4.94. The summed E-state index contributed by atoms with van der Waals surface area (Å²) in [6.07, 6.45) is 2.61. The van der Waals surface area contributed by atoms with Gasteiger partial charge in [-0.15, -0.1) is 0 Å². The maximum Gasteiger partial charge on any atom is 0.317 e. The minimum atomic E-state index is -0.191. The van der Waals surface area contributed by atoms with Crippen molar-refractivity contribution in [2.24, 2.45) is 0 Å². The number of hydrogen-bond acceptors (Lipinski definition) is 3. The van der Waals surface area contributed by atoms with Gasteiger partial charge in [0, 0.05) is 31.9 Å². The first-order valence-electron chi connectivity index (χ1n) is 8.81. The van der Waals surface area contributed by atoms with Crippen molar-refractivity contribution < 1.29 is 9.59 Å². The quantitative estimate of drug-likeness (QED) is 0.802. The number of nitrogens with zero attached hydrogens (tertiary/aromatic N) is 2. The second kappa shape index (κ2) is 9.56. The van der Waals surface area contributed by atoms with Gasteiger partial charge in [-0.25, -0.2) is 4.79 Å². The molecule has 6 nitrogen and oxygen atoms in total. The van der Waals surface area contributed by atoms with Crippen LogP contribution in [0.1, 0.15) is 47.9 Å². The molecule has 1 atom stereocenters. The third-order valence-corrected chi connectivity index (χ3v) is 4.19. The lowest BCUT2D eigenvalue weighted by atomic mass is 10.1. The van der Waals surface area contributed by atoms with Crippen LogP contribution in [0.5, 0.6) is 0 Å². The molecule has 3 amide bonds. The van der Waals surface area contributed by atoms with E-state index in [0.717, 1.165) is 17.7 Å². The van der Waals surface area contributed by atoms with Crippen molar-refractivity contribution in [3.63, 3.8) is 0 Å². The Hall–Kier alpha value is -2.89. The Morgan fingerprint density at radius 2 is 1.96 bits per heavy atom. The first kappa shape index (κ1) is 19.4. The van der Waals surface area contributed by atoms with Crippen LogP contribution in [-0.4, -0.2) is 35.4 Å². The zero-order valence-corrected chi connectivity index (χ0v) is 15.5. The van der Waals surface area contributed by atoms with E-state index in [9.17, 15) is 9.59 Å². The normalized spacial score (nSPS) is 11.5. The molecule has 138 valence electrons. The van der Waals surface area contributed by atoms with Crippen LogP contribution in [0.4, 0.5) is 4.79 Å². The lowest BCUT2D eigenvalue weighted by Crippen LogP contribution is -2.38. The highest BCUT2D eigenvalue weighted by Gasteiger charge is 2.18. The van der Waals surface area contributed by atoms with E-state index in [1.54, 1.807) is 30.3 Å². The molecule has 2 N–H and O–H groups in total. The van der Waals surface area contributed by atoms with Crippen molar-refractivity contribution >= 4 is 11.9 Å². The van der Waals surface area contributed by atoms with E-state index in [1.807, 2.05) is 44.2 Å². The molecule has 6 heteroatoms. The van der Waals surface area contributed by atoms with Gasteiger partial charge in [0.05, 0.1) is 11.7 Å². The molecule has 0 aliphatic rings. The van der Waals surface area contributed by atoms with Gasteiger partial charge < -0.3 is 15.5 Å². The number of carbonyl (C=O) groups is 2. The first-order chi connectivity index (χ1) is 12.5. The Bertz CT molecular complexity index is 734. The second-order valence-corrected chi connectivity index (χ2v) is 6.16. The molecule has 0 spiro atoms. The van der Waals surface area contributed by atoms with Crippen LogP contribution < -0.4 is 10.6 Å². The Morgan fingerprint density at radius 1 is 1.15 bits per heavy atom. The molecule has 1 aromatic heterocycles. The van der Waals surface area contributed by atoms with Crippen molar-refractivity contribution in [2.75, 3.05) is 13.6 Å². The van der Waals surface area contributed by atoms with Crippen molar-refractivity contribution in [1.82, 2.24) is 20.5 Å². The monoisotopic (exact) mass is 354 g/mol. The topological polar surface area (TPSA) is 74.3 Å². The fourth-order valence-electron chi connectivity index (χ4n) is 2.46. The molecular weight excluding hydrogens is 328 g/mol. The molecule has 0 bridgehead atoms. The van der Waals surface area contributed by atoms with Crippen LogP contribution in [0.3, 0.4) is 0 Å². The van der Waals surface area contributed by atoms with Crippen molar-refractivity contribution in [1.29, 1.82) is 0 Å². The molecule has 2 rings (SSSR count). The summed E-state index contributed by atoms with van der Waals surface area (Å²) in [5.74, 6) is -0.0964. The molecule has 0 saturated heterocycles. The zero-order chi connectivity index (χ0) is 18.9. The fraction of sp³-hybridized carbons (Fsp3) is 0.350. The Kier molecular flexibility index (Phi) is 7.14. The third-order valence-electron chi connectivity index (χ3n) is 4.19. The first-order valence-corrected chi connectivity index (χ1v) is 8.81. The van der Waals surface area contributed by atoms with Crippen LogP contribution in [0.15, 0.2) is 48.7 Å². The number of aromatic nitrogens is 1. The van der Waals surface area contributed by atoms with Gasteiger partial charge in [-0.1, -0.05) is 25.1 Å². The molecule has 26 heavy (non-hydrogen) atoms. The summed E-state index contributed by atoms with van der Waals surface area (Å²) in [6, 6.07) is 12.6. The summed E-state index contributed by atoms with van der Waals surface area (Å²) < 4.78 is 0. The molecule has 1 unspecified atom stereocenters. The van der Waals surface area contributed by atoms with Crippen LogP contribution >= 0.6 is 0 Å². The van der Waals surface area contributed by atoms with Crippen molar-refractivity contribution in [3.8, 4) is 0 Å². The Labute approximate surface area is 154 Å². The van der Waals surface area contributed by atoms with Gasteiger partial charge in [0.1, 0.15) is 0 Å². The van der Waals surface area contributed by atoms with E-state index in [-0.39, 0.29) is 18.0 Å². The lowest BCUT2D eigenvalue weighted by Gasteiger charge is -2.24. The molecule has 0 radical (unpaired) electrons. The molecule has 2 aromatic rings. The average Bonchev–Trinajstić information content (AvgIpc) is 2.69. The largest absolute Gasteiger partial charge is 0.352 e. The minimum absolute atomic E-state index is 0.0964. The van der Waals surface area contributed by atoms with Gasteiger partial charge in [-0.3, -0.25) is 9.78 Å². The molecule has 1 heterocycles. The van der Waals surface area contributed by atoms with Gasteiger partial charge >= 0.3 is 6.03 Å². The predicted octanol–water partition coefficient (Wildman–Crippen LogP) is 3.12. The highest BCUT2D eigenvalue weighted by molar-refractivity contribution is 5.94. The standard InChI is InChI=1S/C20H26N4O2/c1-4-11-22-19(25)17-9-7-8-16(13-17)14-23-20(26)24(3)15(2)18-10-5-6-12-21-18/h5-10,12-13,15H,4,11,14H2,1-3H3,(H,22,25)(H,23,26). The summed E-state index contributed by atoms with van der Waals surface area (Å²) in [4.78, 5) is 30.3. The van der Waals surface area contributed by atoms with Crippen LogP contribution in [0.2, 0.25) is 0 Å². The summed E-state index contributed by atoms with van der Waals surface area (Å²) in [5.41, 5.74) is 2.31. The minimum Gasteiger partial charge on any atom is -0.352 e. The number of carbonyl (C=O) groups excluding carboxylic acids is 2. The molecule has 0 aliphatic carbocycles. The van der Waals surface area contributed by atoms with Gasteiger partial charge in [0.25, 0.3) is 5.91 Å². The van der Waals surface area contributed by atoms with Gasteiger partial charge in [0.2, 0.25) is 0 Å². The number of nitrogens with one attached hydrogen (secondary N) is 2. The maximum atomic E-state index is 12.4. The number of benzene rings is 1. The Morgan fingerprint density at radius 3 is 2.65 bits per heavy atom. The second-order valence-electron chi connectivity index (χ2n) is 6.16. The number of amides is 3. The summed E-state index contributed by atoms with van der Waals surface area (Å²) in [7, 11) is 1.74. The average molecular weight is 354 g/mol. The summed E-state index contributed by atoms with van der Waals surface area (Å²) in [5, 5.41) is 5.74. The lowest BCUT2D eigenvalue weighted by molar-refractivity contribution is 0.0953. The smallest absolute Gasteiger partial charge is 0.317 e. The molecule has 1 aromatic carbocycles. The van der Waals surface area contributed by atoms with E-state index < -0.39 is 0 Å². The maximum absolute atomic E-state index is 12.4. The summed E-state index contributed by atoms with van der Waals surface area (Å²) >= 11 is 0. The van der Waals surface area contributed by atoms with E-state index in [0.29, 0.717) is 18.7 Å². The highest BCUT2D eigenvalue weighted by atomic mass is 16.2. The Balaban J connectivity index is 1.93.